The van der Waals surface area contributed by atoms with E-state index in [-0.39, 0.29) is 6.10 Å². The monoisotopic (exact) mass is 259 g/mol. The second kappa shape index (κ2) is 4.06. The van der Waals surface area contributed by atoms with Gasteiger partial charge in [0, 0.05) is 19.5 Å². The lowest BCUT2D eigenvalue weighted by atomic mass is 10.1. The fraction of sp³-hybridized carbons (Fsp3) is 1.00. The average Bonchev–Trinajstić information content (AvgIpc) is 1.88. The van der Waals surface area contributed by atoms with E-state index in [9.17, 15) is 5.11 Å². The van der Waals surface area contributed by atoms with Gasteiger partial charge in [-0.25, -0.2) is 0 Å². The molecule has 1 aliphatic rings. The van der Waals surface area contributed by atoms with Gasteiger partial charge < -0.3 is 5.11 Å². The van der Waals surface area contributed by atoms with Crippen LogP contribution < -0.4 is 0 Å². The SMILES string of the molecule is OC1CCCN(PI)C1. The van der Waals surface area contributed by atoms with Crippen LogP contribution in [0.15, 0.2) is 0 Å². The zero-order valence-electron chi connectivity index (χ0n) is 5.18. The summed E-state index contributed by atoms with van der Waals surface area (Å²) in [5.41, 5.74) is 0. The number of piperidine rings is 1. The molecule has 0 aromatic carbocycles. The molecule has 1 N–H and O–H groups in total. The average molecular weight is 259 g/mol. The molecule has 0 aromatic rings. The second-order valence-corrected chi connectivity index (χ2v) is 4.58. The van der Waals surface area contributed by atoms with Crippen LogP contribution >= 0.6 is 28.4 Å². The zero-order chi connectivity index (χ0) is 6.69. The molecule has 1 heterocycles. The molecular weight excluding hydrogens is 248 g/mol. The Kier molecular flexibility index (Phi) is 3.69. The highest BCUT2D eigenvalue weighted by atomic mass is 127. The van der Waals surface area contributed by atoms with E-state index in [2.05, 4.69) is 26.7 Å². The first kappa shape index (κ1) is 8.18. The Bertz CT molecular complexity index is 93.0. The van der Waals surface area contributed by atoms with Gasteiger partial charge in [-0.2, -0.15) is 0 Å². The first-order valence-electron chi connectivity index (χ1n) is 3.12. The first-order valence-corrected chi connectivity index (χ1v) is 7.18. The van der Waals surface area contributed by atoms with E-state index in [1.165, 1.54) is 6.54 Å². The molecule has 0 amide bonds. The number of halogens is 1. The number of aliphatic hydroxyl groups excluding tert-OH is 1. The van der Waals surface area contributed by atoms with Crippen LogP contribution in [0.4, 0.5) is 0 Å². The van der Waals surface area contributed by atoms with Crippen LogP contribution in [0, 0.1) is 0 Å². The summed E-state index contributed by atoms with van der Waals surface area (Å²) in [7, 11) is 0. The summed E-state index contributed by atoms with van der Waals surface area (Å²) < 4.78 is 2.30. The summed E-state index contributed by atoms with van der Waals surface area (Å²) >= 11 is 2.36. The molecule has 2 nitrogen and oxygen atoms in total. The molecule has 2 unspecified atom stereocenters. The predicted molar refractivity (Wildman–Crippen MR) is 49.1 cm³/mol. The Labute approximate surface area is 70.3 Å². The minimum absolute atomic E-state index is 0.0546. The van der Waals surface area contributed by atoms with E-state index in [4.69, 9.17) is 0 Å². The van der Waals surface area contributed by atoms with Gasteiger partial charge in [0.15, 0.2) is 0 Å². The maximum Gasteiger partial charge on any atom is 0.0671 e. The van der Waals surface area contributed by atoms with Crippen LogP contribution in [0.5, 0.6) is 0 Å². The van der Waals surface area contributed by atoms with E-state index in [1.54, 1.807) is 0 Å². The third-order valence-corrected chi connectivity index (χ3v) is 4.21. The van der Waals surface area contributed by atoms with Crippen molar-refractivity contribution in [2.24, 2.45) is 0 Å². The van der Waals surface area contributed by atoms with Gasteiger partial charge in [-0.1, -0.05) is 0 Å². The molecule has 0 spiro atoms. The molecule has 9 heavy (non-hydrogen) atoms. The van der Waals surface area contributed by atoms with Gasteiger partial charge in [0.25, 0.3) is 0 Å². The summed E-state index contributed by atoms with van der Waals surface area (Å²) in [5.74, 6) is 0. The number of aliphatic hydroxyl groups is 1. The highest BCUT2D eigenvalue weighted by Gasteiger charge is 2.15. The molecule has 1 saturated heterocycles. The van der Waals surface area contributed by atoms with Gasteiger partial charge in [-0.3, -0.25) is 4.67 Å². The van der Waals surface area contributed by atoms with Gasteiger partial charge in [-0.05, 0) is 34.9 Å². The van der Waals surface area contributed by atoms with Crippen LogP contribution in [0.2, 0.25) is 0 Å². The van der Waals surface area contributed by atoms with Crippen molar-refractivity contribution in [3.63, 3.8) is 0 Å². The standard InChI is InChI=1S/C5H11INOP/c6-9-7-3-1-2-5(8)4-7/h5,8-9H,1-4H2. The minimum atomic E-state index is -0.0546. The lowest BCUT2D eigenvalue weighted by Crippen LogP contribution is -2.31. The van der Waals surface area contributed by atoms with Crippen LogP contribution in [-0.2, 0) is 0 Å². The van der Waals surface area contributed by atoms with Crippen molar-refractivity contribution in [2.75, 3.05) is 13.1 Å². The van der Waals surface area contributed by atoms with Gasteiger partial charge in [0.2, 0.25) is 0 Å². The summed E-state index contributed by atoms with van der Waals surface area (Å²) in [4.78, 5) is 0. The van der Waals surface area contributed by atoms with E-state index < -0.39 is 0 Å². The minimum Gasteiger partial charge on any atom is -0.392 e. The van der Waals surface area contributed by atoms with Crippen molar-refractivity contribution >= 4 is 28.4 Å². The van der Waals surface area contributed by atoms with Gasteiger partial charge >= 0.3 is 0 Å². The zero-order valence-corrected chi connectivity index (χ0v) is 8.34. The summed E-state index contributed by atoms with van der Waals surface area (Å²) in [6.45, 7) is 2.07. The summed E-state index contributed by atoms with van der Waals surface area (Å²) in [5, 5.41) is 9.17. The Balaban J connectivity index is 2.23. The smallest absolute Gasteiger partial charge is 0.0671 e. The normalized spacial score (nSPS) is 32.0. The Hall–Kier alpha value is 1.08. The summed E-state index contributed by atoms with van der Waals surface area (Å²) in [6.07, 6.45) is 2.94. The van der Waals surface area contributed by atoms with Crippen molar-refractivity contribution in [3.05, 3.63) is 0 Å². The quantitative estimate of drug-likeness (QED) is 0.568. The Morgan fingerprint density at radius 3 is 2.89 bits per heavy atom. The molecule has 0 aliphatic carbocycles. The van der Waals surface area contributed by atoms with Crippen LogP contribution in [0.3, 0.4) is 0 Å². The van der Waals surface area contributed by atoms with Crippen molar-refractivity contribution in [1.29, 1.82) is 0 Å². The Morgan fingerprint density at radius 2 is 2.44 bits per heavy atom. The molecule has 1 fully saturated rings. The molecule has 0 saturated carbocycles. The van der Waals surface area contributed by atoms with Crippen molar-refractivity contribution in [1.82, 2.24) is 4.67 Å². The molecule has 4 heteroatoms. The van der Waals surface area contributed by atoms with Gasteiger partial charge in [-0.15, -0.1) is 0 Å². The maximum atomic E-state index is 9.17. The molecule has 2 atom stereocenters. The van der Waals surface area contributed by atoms with Crippen molar-refractivity contribution in [3.8, 4) is 0 Å². The van der Waals surface area contributed by atoms with E-state index in [0.29, 0.717) is 0 Å². The maximum absolute atomic E-state index is 9.17. The highest BCUT2D eigenvalue weighted by molar-refractivity contribution is 14.2. The third-order valence-electron chi connectivity index (χ3n) is 1.52. The number of rotatable bonds is 1. The largest absolute Gasteiger partial charge is 0.392 e. The second-order valence-electron chi connectivity index (χ2n) is 2.33. The van der Waals surface area contributed by atoms with Crippen molar-refractivity contribution in [2.45, 2.75) is 18.9 Å². The van der Waals surface area contributed by atoms with Gasteiger partial charge in [0.05, 0.1) is 6.10 Å². The molecule has 0 aromatic heterocycles. The molecule has 0 bridgehead atoms. The molecule has 1 rings (SSSR count). The van der Waals surface area contributed by atoms with E-state index in [0.717, 1.165) is 25.8 Å². The topological polar surface area (TPSA) is 23.5 Å². The van der Waals surface area contributed by atoms with Crippen molar-refractivity contribution < 1.29 is 5.11 Å². The molecule has 0 radical (unpaired) electrons. The fourth-order valence-electron chi connectivity index (χ4n) is 1.03. The number of hydrogen-bond acceptors (Lipinski definition) is 2. The van der Waals surface area contributed by atoms with Gasteiger partial charge in [0.1, 0.15) is 0 Å². The molecule has 54 valence electrons. The Morgan fingerprint density at radius 1 is 1.67 bits per heavy atom. The number of nitrogens with zero attached hydrogens (tertiary/aromatic N) is 1. The van der Waals surface area contributed by atoms with E-state index >= 15 is 0 Å². The number of β-amino-alcohol motifs (C(OH)–C–C–N with tert-alkyl or cyclic N) is 1. The molecule has 1 aliphatic heterocycles. The highest BCUT2D eigenvalue weighted by Crippen LogP contribution is 2.29. The van der Waals surface area contributed by atoms with Crippen LogP contribution in [0.25, 0.3) is 0 Å². The summed E-state index contributed by atoms with van der Waals surface area (Å²) in [6, 6.07) is 0. The third kappa shape index (κ3) is 2.66. The van der Waals surface area contributed by atoms with Crippen LogP contribution in [-0.4, -0.2) is 29.0 Å². The lowest BCUT2D eigenvalue weighted by molar-refractivity contribution is 0.112. The van der Waals surface area contributed by atoms with E-state index in [1.807, 2.05) is 0 Å². The first-order chi connectivity index (χ1) is 4.33. The van der Waals surface area contributed by atoms with Crippen LogP contribution in [0.1, 0.15) is 12.8 Å². The predicted octanol–water partition coefficient (Wildman–Crippen LogP) is 1.39. The fourth-order valence-corrected chi connectivity index (χ4v) is 2.87. The number of hydrogen-bond donors (Lipinski definition) is 1. The lowest BCUT2D eigenvalue weighted by Gasteiger charge is -2.27. The molecular formula is C5H11INOP.